The molecule has 0 aliphatic rings. The zero-order valence-electron chi connectivity index (χ0n) is 16.4. The lowest BCUT2D eigenvalue weighted by Crippen LogP contribution is -2.17. The maximum absolute atomic E-state index is 12.9. The zero-order valence-corrected chi connectivity index (χ0v) is 16.4. The number of carbonyl (C=O) groups excluding carboxylic acids is 2. The maximum atomic E-state index is 12.9. The van der Waals surface area contributed by atoms with E-state index in [1.54, 1.807) is 25.1 Å². The third-order valence-corrected chi connectivity index (χ3v) is 4.61. The Bertz CT molecular complexity index is 990. The number of carbonyl (C=O) groups is 2. The van der Waals surface area contributed by atoms with Crippen LogP contribution in [0.2, 0.25) is 0 Å². The zero-order chi connectivity index (χ0) is 20.1. The minimum Gasteiger partial charge on any atom is -0.462 e. The topological polar surface area (TPSA) is 60.3 Å². The maximum Gasteiger partial charge on any atom is 0.340 e. The summed E-state index contributed by atoms with van der Waals surface area (Å²) in [6, 6.07) is 18.9. The number of aromatic nitrogens is 1. The molecule has 5 heteroatoms. The molecule has 3 rings (SSSR count). The molecule has 0 fully saturated rings. The van der Waals surface area contributed by atoms with Crippen molar-refractivity contribution in [3.63, 3.8) is 0 Å². The summed E-state index contributed by atoms with van der Waals surface area (Å²) in [5, 5.41) is 3.09. The van der Waals surface area contributed by atoms with Crippen molar-refractivity contribution in [2.75, 3.05) is 18.5 Å². The molecule has 3 aromatic rings. The van der Waals surface area contributed by atoms with E-state index >= 15 is 0 Å². The van der Waals surface area contributed by atoms with E-state index in [0.717, 1.165) is 17.1 Å². The summed E-state index contributed by atoms with van der Waals surface area (Å²) in [6.07, 6.45) is 0. The highest BCUT2D eigenvalue weighted by Crippen LogP contribution is 2.22. The molecule has 1 N–H and O–H groups in total. The number of para-hydroxylation sites is 2. The number of rotatable bonds is 7. The van der Waals surface area contributed by atoms with E-state index in [1.165, 1.54) is 0 Å². The number of anilines is 1. The van der Waals surface area contributed by atoms with Crippen LogP contribution in [0.25, 0.3) is 5.69 Å². The third-order valence-electron chi connectivity index (χ3n) is 4.61. The SMILES string of the molecule is CCOC(=O)c1ccccc1NCC(=O)c1cc(C)n(-c2ccccc2)c1C. The summed E-state index contributed by atoms with van der Waals surface area (Å²) in [5.41, 5.74) is 4.60. The number of hydrogen-bond donors (Lipinski definition) is 1. The fourth-order valence-corrected chi connectivity index (χ4v) is 3.31. The largest absolute Gasteiger partial charge is 0.462 e. The molecule has 0 aliphatic carbocycles. The second-order valence-corrected chi connectivity index (χ2v) is 6.50. The van der Waals surface area contributed by atoms with Gasteiger partial charge in [-0.3, -0.25) is 4.79 Å². The van der Waals surface area contributed by atoms with Crippen LogP contribution in [0.5, 0.6) is 0 Å². The fraction of sp³-hybridized carbons (Fsp3) is 0.217. The second-order valence-electron chi connectivity index (χ2n) is 6.50. The van der Waals surface area contributed by atoms with Gasteiger partial charge in [-0.1, -0.05) is 30.3 Å². The van der Waals surface area contributed by atoms with Crippen molar-refractivity contribution in [3.8, 4) is 5.69 Å². The molecular weight excluding hydrogens is 352 g/mol. The van der Waals surface area contributed by atoms with Gasteiger partial charge in [-0.2, -0.15) is 0 Å². The monoisotopic (exact) mass is 376 g/mol. The molecule has 0 spiro atoms. The van der Waals surface area contributed by atoms with Crippen LogP contribution >= 0.6 is 0 Å². The molecule has 0 amide bonds. The van der Waals surface area contributed by atoms with Gasteiger partial charge in [0.25, 0.3) is 0 Å². The minimum absolute atomic E-state index is 0.0334. The molecule has 2 aromatic carbocycles. The van der Waals surface area contributed by atoms with E-state index in [-0.39, 0.29) is 12.3 Å². The average molecular weight is 376 g/mol. The van der Waals surface area contributed by atoms with Gasteiger partial charge in [-0.05, 0) is 51.1 Å². The molecule has 0 radical (unpaired) electrons. The van der Waals surface area contributed by atoms with E-state index < -0.39 is 5.97 Å². The highest BCUT2D eigenvalue weighted by Gasteiger charge is 2.18. The number of hydrogen-bond acceptors (Lipinski definition) is 4. The summed E-state index contributed by atoms with van der Waals surface area (Å²) < 4.78 is 7.15. The summed E-state index contributed by atoms with van der Waals surface area (Å²) in [7, 11) is 0. The van der Waals surface area contributed by atoms with Gasteiger partial charge in [0, 0.05) is 28.3 Å². The quantitative estimate of drug-likeness (QED) is 0.485. The van der Waals surface area contributed by atoms with Gasteiger partial charge < -0.3 is 14.6 Å². The lowest BCUT2D eigenvalue weighted by Gasteiger charge is -2.11. The molecule has 0 aliphatic heterocycles. The molecule has 0 saturated carbocycles. The number of ketones is 1. The van der Waals surface area contributed by atoms with E-state index in [4.69, 9.17) is 4.74 Å². The lowest BCUT2D eigenvalue weighted by atomic mass is 10.1. The van der Waals surface area contributed by atoms with Crippen LogP contribution in [0.1, 0.15) is 39.0 Å². The van der Waals surface area contributed by atoms with Crippen LogP contribution in [-0.4, -0.2) is 29.5 Å². The van der Waals surface area contributed by atoms with Crippen LogP contribution in [0.3, 0.4) is 0 Å². The Kier molecular flexibility index (Phi) is 5.94. The van der Waals surface area contributed by atoms with Crippen molar-refractivity contribution in [2.45, 2.75) is 20.8 Å². The molecule has 0 saturated heterocycles. The number of ether oxygens (including phenoxy) is 1. The van der Waals surface area contributed by atoms with Gasteiger partial charge in [0.2, 0.25) is 0 Å². The molecule has 28 heavy (non-hydrogen) atoms. The Balaban J connectivity index is 1.80. The molecule has 0 bridgehead atoms. The Labute approximate surface area is 165 Å². The molecular formula is C23H24N2O3. The molecule has 0 atom stereocenters. The van der Waals surface area contributed by atoms with Crippen molar-refractivity contribution in [1.82, 2.24) is 4.57 Å². The van der Waals surface area contributed by atoms with Crippen molar-refractivity contribution in [3.05, 3.63) is 83.2 Å². The first-order chi connectivity index (χ1) is 13.5. The van der Waals surface area contributed by atoms with Gasteiger partial charge >= 0.3 is 5.97 Å². The highest BCUT2D eigenvalue weighted by atomic mass is 16.5. The fourth-order valence-electron chi connectivity index (χ4n) is 3.31. The van der Waals surface area contributed by atoms with Gasteiger partial charge in [0.1, 0.15) is 0 Å². The number of Topliss-reactive ketones (excluding diaryl/α,β-unsaturated/α-hetero) is 1. The minimum atomic E-state index is -0.402. The van der Waals surface area contributed by atoms with E-state index in [2.05, 4.69) is 9.88 Å². The standard InChI is InChI=1S/C23H24N2O3/c1-4-28-23(27)19-12-8-9-13-21(19)24-15-22(26)20-14-16(2)25(17(20)3)18-10-6-5-7-11-18/h5-14,24H,4,15H2,1-3H3. The summed E-state index contributed by atoms with van der Waals surface area (Å²) in [4.78, 5) is 24.9. The van der Waals surface area contributed by atoms with E-state index in [0.29, 0.717) is 23.4 Å². The normalized spacial score (nSPS) is 10.5. The van der Waals surface area contributed by atoms with Gasteiger partial charge in [-0.25, -0.2) is 4.79 Å². The average Bonchev–Trinajstić information content (AvgIpc) is 3.01. The Morgan fingerprint density at radius 1 is 0.964 bits per heavy atom. The van der Waals surface area contributed by atoms with Gasteiger partial charge in [0.15, 0.2) is 5.78 Å². The summed E-state index contributed by atoms with van der Waals surface area (Å²) in [5.74, 6) is -0.436. The predicted molar refractivity (Wildman–Crippen MR) is 110 cm³/mol. The van der Waals surface area contributed by atoms with Gasteiger partial charge in [0.05, 0.1) is 18.7 Å². The predicted octanol–water partition coefficient (Wildman–Crippen LogP) is 4.57. The molecule has 1 heterocycles. The molecule has 0 unspecified atom stereocenters. The first-order valence-electron chi connectivity index (χ1n) is 9.30. The van der Waals surface area contributed by atoms with Crippen LogP contribution in [-0.2, 0) is 4.74 Å². The Morgan fingerprint density at radius 2 is 1.64 bits per heavy atom. The Hall–Kier alpha value is -3.34. The van der Waals surface area contributed by atoms with Gasteiger partial charge in [-0.15, -0.1) is 0 Å². The second kappa shape index (κ2) is 8.57. The molecule has 5 nitrogen and oxygen atoms in total. The molecule has 144 valence electrons. The van der Waals surface area contributed by atoms with Crippen molar-refractivity contribution in [2.24, 2.45) is 0 Å². The summed E-state index contributed by atoms with van der Waals surface area (Å²) in [6.45, 7) is 6.09. The lowest BCUT2D eigenvalue weighted by molar-refractivity contribution is 0.0527. The molecule has 1 aromatic heterocycles. The number of nitrogens with one attached hydrogen (secondary N) is 1. The number of nitrogens with zero attached hydrogens (tertiary/aromatic N) is 1. The number of benzene rings is 2. The van der Waals surface area contributed by atoms with Crippen molar-refractivity contribution in [1.29, 1.82) is 0 Å². The van der Waals surface area contributed by atoms with Crippen molar-refractivity contribution >= 4 is 17.4 Å². The van der Waals surface area contributed by atoms with Crippen LogP contribution in [0.15, 0.2) is 60.7 Å². The number of aryl methyl sites for hydroxylation is 1. The van der Waals surface area contributed by atoms with Crippen molar-refractivity contribution < 1.29 is 14.3 Å². The van der Waals surface area contributed by atoms with E-state index in [1.807, 2.05) is 56.3 Å². The highest BCUT2D eigenvalue weighted by molar-refractivity contribution is 6.02. The van der Waals surface area contributed by atoms with E-state index in [9.17, 15) is 9.59 Å². The first-order valence-corrected chi connectivity index (χ1v) is 9.30. The number of esters is 1. The summed E-state index contributed by atoms with van der Waals surface area (Å²) >= 11 is 0. The smallest absolute Gasteiger partial charge is 0.340 e. The first kappa shape index (κ1) is 19.4. The van der Waals surface area contributed by atoms with Crippen LogP contribution in [0.4, 0.5) is 5.69 Å². The third kappa shape index (κ3) is 3.98. The van der Waals surface area contributed by atoms with Crippen LogP contribution < -0.4 is 5.32 Å². The Morgan fingerprint density at radius 3 is 2.36 bits per heavy atom. The van der Waals surface area contributed by atoms with Crippen LogP contribution in [0, 0.1) is 13.8 Å².